The number of ether oxygens (including phenoxy) is 6. The van der Waals surface area contributed by atoms with Crippen LogP contribution in [0.5, 0.6) is 0 Å². The minimum atomic E-state index is -6.70. The first-order valence-electron chi connectivity index (χ1n) is 14.7. The number of hydrogen-bond donors (Lipinski definition) is 0. The van der Waals surface area contributed by atoms with Crippen LogP contribution in [0.15, 0.2) is 60.7 Å². The maximum atomic E-state index is 14.1. The molecule has 3 aliphatic heterocycles. The molecule has 2 bridgehead atoms. The molecular formula is C30H46F3KN2O6Si. The molecule has 8 nitrogen and oxygen atoms in total. The van der Waals surface area contributed by atoms with Gasteiger partial charge < -0.3 is 28.4 Å². The second-order valence-corrected chi connectivity index (χ2v) is 13.0. The number of halogens is 3. The molecule has 2 aromatic rings. The van der Waals surface area contributed by atoms with E-state index in [0.29, 0.717) is 79.3 Å². The van der Waals surface area contributed by atoms with Crippen LogP contribution in [-0.4, -0.2) is 137 Å². The topological polar surface area (TPSA) is 61.9 Å². The fourth-order valence-electron chi connectivity index (χ4n) is 4.39. The second-order valence-electron chi connectivity index (χ2n) is 10.00. The molecule has 0 spiro atoms. The van der Waals surface area contributed by atoms with E-state index >= 15 is 0 Å². The summed E-state index contributed by atoms with van der Waals surface area (Å²) in [5.41, 5.74) is 0. The fraction of sp³-hybridized carbons (Fsp3) is 0.600. The van der Waals surface area contributed by atoms with Crippen molar-refractivity contribution in [2.45, 2.75) is 0 Å². The van der Waals surface area contributed by atoms with E-state index in [0.717, 1.165) is 63.5 Å². The van der Waals surface area contributed by atoms with E-state index in [4.69, 9.17) is 28.4 Å². The summed E-state index contributed by atoms with van der Waals surface area (Å²) in [5.74, 6) is 0. The van der Waals surface area contributed by atoms with Gasteiger partial charge in [-0.1, -0.05) is 0 Å². The molecule has 0 radical (unpaired) electrons. The Morgan fingerprint density at radius 1 is 0.395 bits per heavy atom. The van der Waals surface area contributed by atoms with Crippen molar-refractivity contribution in [2.75, 3.05) is 119 Å². The SMILES string of the molecule is C1COCCN2CCOCCOCCN(CCO1)CCOCCOCC2.F[Si-](F)(F)(c1ccccc1)c1ccccc1.[K+]. The van der Waals surface area contributed by atoms with Gasteiger partial charge in [0.2, 0.25) is 0 Å². The van der Waals surface area contributed by atoms with E-state index in [1.807, 2.05) is 0 Å². The van der Waals surface area contributed by atoms with Gasteiger partial charge in [0.15, 0.2) is 0 Å². The molecule has 0 atom stereocenters. The van der Waals surface area contributed by atoms with Gasteiger partial charge in [0.05, 0.1) is 79.3 Å². The van der Waals surface area contributed by atoms with E-state index in [-0.39, 0.29) is 51.4 Å². The van der Waals surface area contributed by atoms with Crippen molar-refractivity contribution in [3.05, 3.63) is 60.7 Å². The molecule has 0 unspecified atom stereocenters. The zero-order valence-electron chi connectivity index (χ0n) is 25.5. The predicted molar refractivity (Wildman–Crippen MR) is 159 cm³/mol. The Labute approximate surface area is 297 Å². The fourth-order valence-corrected chi connectivity index (χ4v) is 6.19. The molecule has 43 heavy (non-hydrogen) atoms. The predicted octanol–water partition coefficient (Wildman–Crippen LogP) is -0.677. The summed E-state index contributed by atoms with van der Waals surface area (Å²) >= 11 is 0. The smallest absolute Gasteiger partial charge is 1.00 e. The quantitative estimate of drug-likeness (QED) is 0.312. The van der Waals surface area contributed by atoms with Crippen LogP contribution in [0.1, 0.15) is 0 Å². The first-order valence-corrected chi connectivity index (χ1v) is 16.9. The summed E-state index contributed by atoms with van der Waals surface area (Å²) in [6.07, 6.45) is 0. The van der Waals surface area contributed by atoms with Gasteiger partial charge in [-0.15, -0.1) is 0 Å². The number of hydrogen-bond acceptors (Lipinski definition) is 8. The molecule has 3 fully saturated rings. The summed E-state index contributed by atoms with van der Waals surface area (Å²) in [6, 6.07) is 13.4. The Morgan fingerprint density at radius 3 is 0.860 bits per heavy atom. The van der Waals surface area contributed by atoms with Crippen molar-refractivity contribution in [3.8, 4) is 0 Å². The van der Waals surface area contributed by atoms with Gasteiger partial charge >= 0.3 is 143 Å². The Hall–Kier alpha value is -0.237. The van der Waals surface area contributed by atoms with Gasteiger partial charge in [-0.3, -0.25) is 9.80 Å². The minimum Gasteiger partial charge on any atom is 1.00 e. The summed E-state index contributed by atoms with van der Waals surface area (Å²) in [4.78, 5) is 4.62. The van der Waals surface area contributed by atoms with Crippen LogP contribution in [0.4, 0.5) is 12.3 Å². The summed E-state index contributed by atoms with van der Waals surface area (Å²) in [5, 5.41) is -1.01. The van der Waals surface area contributed by atoms with Crippen LogP contribution in [-0.2, 0) is 28.4 Å². The monoisotopic (exact) mass is 654 g/mol. The van der Waals surface area contributed by atoms with Crippen LogP contribution in [0.25, 0.3) is 0 Å². The van der Waals surface area contributed by atoms with E-state index in [9.17, 15) is 12.3 Å². The normalized spacial score (nSPS) is 23.7. The average molecular weight is 655 g/mol. The Bertz CT molecular complexity index is 844. The van der Waals surface area contributed by atoms with Crippen molar-refractivity contribution in [3.63, 3.8) is 0 Å². The molecule has 3 aliphatic rings. The third-order valence-electron chi connectivity index (χ3n) is 6.92. The molecule has 0 amide bonds. The van der Waals surface area contributed by atoms with Gasteiger partial charge in [0.1, 0.15) is 0 Å². The van der Waals surface area contributed by atoms with E-state index < -0.39 is 18.7 Å². The average Bonchev–Trinajstić information content (AvgIpc) is 3.00. The Kier molecular flexibility index (Phi) is 20.2. The van der Waals surface area contributed by atoms with Crippen LogP contribution < -0.4 is 61.8 Å². The van der Waals surface area contributed by atoms with Crippen molar-refractivity contribution in [2.24, 2.45) is 0 Å². The van der Waals surface area contributed by atoms with Crippen LogP contribution in [0.2, 0.25) is 0 Å². The Balaban J connectivity index is 0.000000325. The second kappa shape index (κ2) is 22.3. The van der Waals surface area contributed by atoms with E-state index in [1.165, 1.54) is 24.3 Å². The van der Waals surface area contributed by atoms with Crippen LogP contribution >= 0.6 is 0 Å². The van der Waals surface area contributed by atoms with Gasteiger partial charge in [0, 0.05) is 39.3 Å². The van der Waals surface area contributed by atoms with Gasteiger partial charge in [0.25, 0.3) is 0 Å². The zero-order chi connectivity index (χ0) is 29.8. The summed E-state index contributed by atoms with van der Waals surface area (Å²) in [7, 11) is -6.70. The van der Waals surface area contributed by atoms with Crippen molar-refractivity contribution in [1.82, 2.24) is 9.80 Å². The molecule has 2 aromatic carbocycles. The summed E-state index contributed by atoms with van der Waals surface area (Å²) < 4.78 is 76.4. The standard InChI is InChI=1S/C18H36N2O6.C12H10F3Si.K/c1-7-21-13-14-24-10-4-20-5-11-25-17-15-22-8-2-19(1)3-9-23-16-18-26-12-6-20;13-16(14,15,11-7-3-1-4-8-11)12-9-5-2-6-10-12;/h1-18H2;1-10H;/q;-1;+1. The number of benzene rings is 2. The molecule has 0 saturated carbocycles. The molecular weight excluding hydrogens is 609 g/mol. The number of nitrogens with zero attached hydrogens (tertiary/aromatic N) is 2. The first kappa shape index (κ1) is 38.9. The molecule has 0 aliphatic carbocycles. The largest absolute Gasteiger partial charge is 1.00 e. The van der Waals surface area contributed by atoms with Crippen LogP contribution in [0, 0.1) is 0 Å². The van der Waals surface area contributed by atoms with Gasteiger partial charge in [-0.25, -0.2) is 0 Å². The van der Waals surface area contributed by atoms with Gasteiger partial charge in [-0.2, -0.15) is 0 Å². The molecule has 0 aromatic heterocycles. The first-order chi connectivity index (χ1) is 20.4. The zero-order valence-corrected chi connectivity index (χ0v) is 29.6. The maximum absolute atomic E-state index is 14.1. The van der Waals surface area contributed by atoms with Crippen LogP contribution in [0.3, 0.4) is 0 Å². The van der Waals surface area contributed by atoms with Crippen molar-refractivity contribution in [1.29, 1.82) is 0 Å². The van der Waals surface area contributed by atoms with Crippen molar-refractivity contribution >= 4 is 18.7 Å². The number of rotatable bonds is 2. The number of fused-ring (bicyclic) bond motifs is 21. The minimum absolute atomic E-state index is 0. The molecule has 238 valence electrons. The third kappa shape index (κ3) is 15.7. The molecule has 3 saturated heterocycles. The maximum Gasteiger partial charge on any atom is 1.00 e. The van der Waals surface area contributed by atoms with E-state index in [2.05, 4.69) is 9.80 Å². The molecule has 5 rings (SSSR count). The Morgan fingerprint density at radius 2 is 0.628 bits per heavy atom. The molecule has 3 heterocycles. The molecule has 0 N–H and O–H groups in total. The van der Waals surface area contributed by atoms with E-state index in [1.54, 1.807) is 12.1 Å². The van der Waals surface area contributed by atoms with Crippen molar-refractivity contribution < 1.29 is 92.1 Å². The van der Waals surface area contributed by atoms with Gasteiger partial charge in [-0.05, 0) is 0 Å². The molecule has 13 heteroatoms. The third-order valence-corrected chi connectivity index (χ3v) is 9.47. The summed E-state index contributed by atoms with van der Waals surface area (Å²) in [6.45, 7) is 13.2.